The Kier molecular flexibility index (Phi) is 10.6. The molecule has 7 heteroatoms. The van der Waals surface area contributed by atoms with Gasteiger partial charge < -0.3 is 10.2 Å². The summed E-state index contributed by atoms with van der Waals surface area (Å²) in [6.07, 6.45) is 1.92. The predicted molar refractivity (Wildman–Crippen MR) is 127 cm³/mol. The van der Waals surface area contributed by atoms with Gasteiger partial charge in [0.05, 0.1) is 5.75 Å². The Bertz CT molecular complexity index is 813. The van der Waals surface area contributed by atoms with E-state index >= 15 is 0 Å². The van der Waals surface area contributed by atoms with Crippen molar-refractivity contribution in [3.63, 3.8) is 0 Å². The van der Waals surface area contributed by atoms with Gasteiger partial charge in [0.15, 0.2) is 0 Å². The largest absolute Gasteiger partial charge is 0.354 e. The average molecular weight is 467 g/mol. The van der Waals surface area contributed by atoms with E-state index in [-0.39, 0.29) is 11.8 Å². The maximum absolute atomic E-state index is 13.0. The lowest BCUT2D eigenvalue weighted by Gasteiger charge is -2.29. The normalized spacial score (nSPS) is 11.7. The summed E-state index contributed by atoms with van der Waals surface area (Å²) in [5.74, 6) is 0.799. The van der Waals surface area contributed by atoms with Crippen LogP contribution < -0.4 is 5.32 Å². The number of thioether (sulfide) groups is 1. The third kappa shape index (κ3) is 8.21. The van der Waals surface area contributed by atoms with Crippen LogP contribution in [-0.2, 0) is 21.9 Å². The number of amides is 2. The molecule has 0 aliphatic carbocycles. The van der Waals surface area contributed by atoms with Crippen molar-refractivity contribution >= 4 is 46.8 Å². The number of hydrogen-bond donors (Lipinski definition) is 1. The first-order valence-corrected chi connectivity index (χ1v) is 12.0. The molecular weight excluding hydrogens is 439 g/mol. The van der Waals surface area contributed by atoms with E-state index < -0.39 is 6.04 Å². The standard InChI is InChI=1S/C23H28Cl2N2O2S/c1-3-4-13-26-23(29)17(2)27(14-18-5-9-20(24)10-6-18)22(28)16-30-15-19-7-11-21(25)12-8-19/h5-12,17H,3-4,13-16H2,1-2H3,(H,26,29)/t17-/m1/s1. The monoisotopic (exact) mass is 466 g/mol. The molecule has 2 rings (SSSR count). The highest BCUT2D eigenvalue weighted by atomic mass is 35.5. The number of rotatable bonds is 11. The molecule has 0 aromatic heterocycles. The van der Waals surface area contributed by atoms with Crippen molar-refractivity contribution in [2.75, 3.05) is 12.3 Å². The smallest absolute Gasteiger partial charge is 0.242 e. The second-order valence-corrected chi connectivity index (χ2v) is 8.95. The van der Waals surface area contributed by atoms with Crippen LogP contribution in [0.5, 0.6) is 0 Å². The Morgan fingerprint density at radius 2 is 1.57 bits per heavy atom. The maximum Gasteiger partial charge on any atom is 0.242 e. The van der Waals surface area contributed by atoms with Crippen LogP contribution in [0.1, 0.15) is 37.8 Å². The minimum absolute atomic E-state index is 0.0675. The highest BCUT2D eigenvalue weighted by Gasteiger charge is 2.25. The molecule has 1 atom stereocenters. The molecule has 0 fully saturated rings. The summed E-state index contributed by atoms with van der Waals surface area (Å²) in [5, 5.41) is 4.26. The van der Waals surface area contributed by atoms with Gasteiger partial charge in [-0.05, 0) is 48.7 Å². The third-order valence-corrected chi connectivity index (χ3v) is 6.16. The zero-order valence-corrected chi connectivity index (χ0v) is 19.7. The van der Waals surface area contributed by atoms with Gasteiger partial charge >= 0.3 is 0 Å². The van der Waals surface area contributed by atoms with Gasteiger partial charge in [-0.1, -0.05) is 60.8 Å². The summed E-state index contributed by atoms with van der Waals surface area (Å²) in [7, 11) is 0. The van der Waals surface area contributed by atoms with Crippen LogP contribution in [0.4, 0.5) is 0 Å². The number of nitrogens with zero attached hydrogens (tertiary/aromatic N) is 1. The number of halogens is 2. The van der Waals surface area contributed by atoms with Gasteiger partial charge in [-0.3, -0.25) is 9.59 Å². The molecule has 162 valence electrons. The van der Waals surface area contributed by atoms with Gasteiger partial charge in [0, 0.05) is 28.9 Å². The van der Waals surface area contributed by atoms with E-state index in [0.717, 1.165) is 24.0 Å². The molecule has 0 spiro atoms. The molecule has 1 N–H and O–H groups in total. The minimum atomic E-state index is -0.554. The van der Waals surface area contributed by atoms with Gasteiger partial charge in [0.1, 0.15) is 6.04 Å². The molecule has 0 saturated carbocycles. The quantitative estimate of drug-likeness (QED) is 0.440. The van der Waals surface area contributed by atoms with E-state index in [0.29, 0.717) is 34.6 Å². The van der Waals surface area contributed by atoms with E-state index in [9.17, 15) is 9.59 Å². The molecule has 4 nitrogen and oxygen atoms in total. The number of nitrogens with one attached hydrogen (secondary N) is 1. The van der Waals surface area contributed by atoms with Crippen LogP contribution in [-0.4, -0.2) is 35.1 Å². The lowest BCUT2D eigenvalue weighted by molar-refractivity contribution is -0.138. The molecule has 2 aromatic carbocycles. The van der Waals surface area contributed by atoms with E-state index in [1.54, 1.807) is 24.0 Å². The molecule has 2 aromatic rings. The fourth-order valence-electron chi connectivity index (χ4n) is 2.82. The van der Waals surface area contributed by atoms with Gasteiger partial charge in [0.2, 0.25) is 11.8 Å². The van der Waals surface area contributed by atoms with Crippen molar-refractivity contribution in [2.24, 2.45) is 0 Å². The Morgan fingerprint density at radius 3 is 2.13 bits per heavy atom. The van der Waals surface area contributed by atoms with E-state index in [4.69, 9.17) is 23.2 Å². The van der Waals surface area contributed by atoms with E-state index in [1.807, 2.05) is 36.4 Å². The fraction of sp³-hybridized carbons (Fsp3) is 0.391. The van der Waals surface area contributed by atoms with E-state index in [1.165, 1.54) is 11.8 Å². The van der Waals surface area contributed by atoms with Crippen molar-refractivity contribution in [3.8, 4) is 0 Å². The highest BCUT2D eigenvalue weighted by Crippen LogP contribution is 2.18. The molecule has 0 radical (unpaired) electrons. The number of hydrogen-bond acceptors (Lipinski definition) is 3. The first kappa shape index (κ1) is 24.6. The summed E-state index contributed by atoms with van der Waals surface area (Å²) in [6, 6.07) is 14.4. The van der Waals surface area contributed by atoms with Crippen LogP contribution in [0.25, 0.3) is 0 Å². The molecule has 0 saturated heterocycles. The van der Waals surface area contributed by atoms with Gasteiger partial charge in [0.25, 0.3) is 0 Å². The van der Waals surface area contributed by atoms with E-state index in [2.05, 4.69) is 12.2 Å². The summed E-state index contributed by atoms with van der Waals surface area (Å²) in [4.78, 5) is 27.2. The van der Waals surface area contributed by atoms with Crippen molar-refractivity contribution in [3.05, 3.63) is 69.7 Å². The first-order chi connectivity index (χ1) is 14.4. The summed E-state index contributed by atoms with van der Waals surface area (Å²) in [5.41, 5.74) is 2.04. The molecule has 30 heavy (non-hydrogen) atoms. The highest BCUT2D eigenvalue weighted by molar-refractivity contribution is 7.99. The lowest BCUT2D eigenvalue weighted by Crippen LogP contribution is -2.48. The number of carbonyl (C=O) groups is 2. The van der Waals surface area contributed by atoms with Crippen molar-refractivity contribution in [2.45, 2.75) is 45.0 Å². The van der Waals surface area contributed by atoms with Crippen molar-refractivity contribution in [1.29, 1.82) is 0 Å². The molecule has 2 amide bonds. The molecule has 0 aliphatic rings. The molecule has 0 aliphatic heterocycles. The SMILES string of the molecule is CCCCNC(=O)[C@@H](C)N(Cc1ccc(Cl)cc1)C(=O)CSCc1ccc(Cl)cc1. The summed E-state index contributed by atoms with van der Waals surface area (Å²) in [6.45, 7) is 4.83. The van der Waals surface area contributed by atoms with Gasteiger partial charge in [-0.2, -0.15) is 0 Å². The molecule has 0 heterocycles. The second-order valence-electron chi connectivity index (χ2n) is 7.09. The zero-order chi connectivity index (χ0) is 21.9. The van der Waals surface area contributed by atoms with Gasteiger partial charge in [-0.15, -0.1) is 11.8 Å². The predicted octanol–water partition coefficient (Wildman–Crippen LogP) is 5.56. The summed E-state index contributed by atoms with van der Waals surface area (Å²) >= 11 is 13.4. The summed E-state index contributed by atoms with van der Waals surface area (Å²) < 4.78 is 0. The maximum atomic E-state index is 13.0. The number of carbonyl (C=O) groups excluding carboxylic acids is 2. The molecular formula is C23H28Cl2N2O2S. The Balaban J connectivity index is 2.02. The third-order valence-electron chi connectivity index (χ3n) is 4.67. The van der Waals surface area contributed by atoms with Gasteiger partial charge in [-0.25, -0.2) is 0 Å². The molecule has 0 bridgehead atoms. The van der Waals surface area contributed by atoms with Crippen LogP contribution in [0.2, 0.25) is 10.0 Å². The average Bonchev–Trinajstić information content (AvgIpc) is 2.74. The number of unbranched alkanes of at least 4 members (excludes halogenated alkanes) is 1. The Labute approximate surface area is 193 Å². The van der Waals surface area contributed by atoms with Crippen LogP contribution >= 0.6 is 35.0 Å². The van der Waals surface area contributed by atoms with Crippen LogP contribution in [0.3, 0.4) is 0 Å². The second kappa shape index (κ2) is 12.9. The lowest BCUT2D eigenvalue weighted by atomic mass is 10.1. The molecule has 0 unspecified atom stereocenters. The number of benzene rings is 2. The van der Waals surface area contributed by atoms with Crippen molar-refractivity contribution < 1.29 is 9.59 Å². The van der Waals surface area contributed by atoms with Crippen molar-refractivity contribution in [1.82, 2.24) is 10.2 Å². The van der Waals surface area contributed by atoms with Crippen LogP contribution in [0.15, 0.2) is 48.5 Å². The fourth-order valence-corrected chi connectivity index (χ4v) is 3.95. The topological polar surface area (TPSA) is 49.4 Å². The Hall–Kier alpha value is -1.69. The minimum Gasteiger partial charge on any atom is -0.354 e. The zero-order valence-electron chi connectivity index (χ0n) is 17.4. The first-order valence-electron chi connectivity index (χ1n) is 10.0. The van der Waals surface area contributed by atoms with Crippen LogP contribution in [0, 0.1) is 0 Å². The Morgan fingerprint density at radius 1 is 1.00 bits per heavy atom.